The molecule has 2 N–H and O–H groups in total. The molecule has 8 nitrogen and oxygen atoms in total. The lowest BCUT2D eigenvalue weighted by Crippen LogP contribution is -2.52. The molecule has 0 aromatic heterocycles. The van der Waals surface area contributed by atoms with Gasteiger partial charge < -0.3 is 14.9 Å². The minimum absolute atomic E-state index is 0.00655. The maximum atomic E-state index is 16.2. The van der Waals surface area contributed by atoms with Gasteiger partial charge >= 0.3 is 5.97 Å². The molecule has 48 heavy (non-hydrogen) atoms. The zero-order valence-electron chi connectivity index (χ0n) is 27.0. The van der Waals surface area contributed by atoms with Crippen molar-refractivity contribution >= 4 is 40.8 Å². The van der Waals surface area contributed by atoms with Crippen LogP contribution >= 0.6 is 23.2 Å². The first kappa shape index (κ1) is 35.6. The van der Waals surface area contributed by atoms with E-state index in [1.54, 1.807) is 0 Å². The number of unbranched alkanes of at least 4 members (excludes halogenated alkanes) is 1. The quantitative estimate of drug-likeness (QED) is 0.210. The summed E-state index contributed by atoms with van der Waals surface area (Å²) >= 11 is 12.5. The number of methoxy groups -OCH3 is 1. The normalized spacial score (nSPS) is 24.1. The van der Waals surface area contributed by atoms with E-state index in [2.05, 4.69) is 6.07 Å². The first-order valence-electron chi connectivity index (χ1n) is 15.6. The highest BCUT2D eigenvalue weighted by Crippen LogP contribution is 2.60. The summed E-state index contributed by atoms with van der Waals surface area (Å²) in [5, 5.41) is 30.6. The third kappa shape index (κ3) is 6.02. The molecule has 3 aromatic carbocycles. The summed E-state index contributed by atoms with van der Waals surface area (Å²) in [6.45, 7) is 5.83. The van der Waals surface area contributed by atoms with E-state index in [4.69, 9.17) is 27.9 Å². The summed E-state index contributed by atoms with van der Waals surface area (Å²) in [5.74, 6) is -4.47. The van der Waals surface area contributed by atoms with Crippen LogP contribution in [-0.4, -0.2) is 59.0 Å². The smallest absolute Gasteiger partial charge is 0.339 e. The third-order valence-electron chi connectivity index (χ3n) is 9.39. The molecule has 0 bridgehead atoms. The van der Waals surface area contributed by atoms with Gasteiger partial charge in [-0.2, -0.15) is 5.26 Å². The Labute approximate surface area is 288 Å². The largest absolute Gasteiger partial charge is 0.496 e. The molecule has 0 spiro atoms. The highest BCUT2D eigenvalue weighted by Gasteiger charge is 2.69. The number of amides is 1. The number of carboxylic acids is 1. The fourth-order valence-electron chi connectivity index (χ4n) is 7.56. The number of carbonyl (C=O) groups is 2. The number of aliphatic hydroxyl groups is 1. The van der Waals surface area contributed by atoms with Crippen LogP contribution in [0.1, 0.15) is 73.9 Å². The molecule has 2 aliphatic heterocycles. The molecule has 0 aliphatic carbocycles. The molecule has 2 saturated heterocycles. The first-order valence-corrected chi connectivity index (χ1v) is 16.4. The van der Waals surface area contributed by atoms with Crippen LogP contribution in [-0.2, 0) is 10.2 Å². The number of nitrogens with zero attached hydrogens (tertiary/aromatic N) is 3. The fourth-order valence-corrected chi connectivity index (χ4v) is 7.91. The third-order valence-corrected chi connectivity index (χ3v) is 9.92. The molecule has 2 heterocycles. The predicted molar refractivity (Wildman–Crippen MR) is 179 cm³/mol. The molecule has 5 atom stereocenters. The Morgan fingerprint density at radius 2 is 1.83 bits per heavy atom. The number of hydrogen-bond acceptors (Lipinski definition) is 6. The zero-order chi connectivity index (χ0) is 35.1. The van der Waals surface area contributed by atoms with Crippen molar-refractivity contribution in [2.75, 3.05) is 18.6 Å². The number of ether oxygens (including phenoxy) is 1. The number of rotatable bonds is 10. The van der Waals surface area contributed by atoms with Crippen LogP contribution in [0.25, 0.3) is 0 Å². The van der Waals surface area contributed by atoms with Crippen LogP contribution in [0.2, 0.25) is 10.0 Å². The summed E-state index contributed by atoms with van der Waals surface area (Å²) < 4.78 is 37.8. The molecule has 5 rings (SSSR count). The Morgan fingerprint density at radius 1 is 1.10 bits per heavy atom. The fraction of sp³-hybridized carbons (Fsp3) is 0.417. The van der Waals surface area contributed by atoms with Crippen LogP contribution in [0.4, 0.5) is 14.5 Å². The van der Waals surface area contributed by atoms with Crippen molar-refractivity contribution in [3.8, 4) is 11.8 Å². The van der Waals surface area contributed by atoms with Gasteiger partial charge in [0, 0.05) is 40.9 Å². The molecule has 3 aromatic rings. The standard InChI is InChI=1S/C36H37Cl2F2N3O5/c1-35(2,3)18-28-36(19-41,24-14-11-20(37)16-26(24)39)30(23-8-7-9-25(38)31(23)40)32-33(45)42(29(43(28)32)10-5-6-15-44)21-12-13-22(34(46)47)27(17-21)48-4/h7-9,11-14,16-17,28-30,32,44H,5-6,10,15,18H2,1-4H3,(H,46,47)/t28-,29+,30-,32+,36-/m0/s1. The predicted octanol–water partition coefficient (Wildman–Crippen LogP) is 7.55. The second-order valence-corrected chi connectivity index (χ2v) is 14.3. The molecular weight excluding hydrogens is 663 g/mol. The van der Waals surface area contributed by atoms with E-state index in [0.29, 0.717) is 31.4 Å². The molecule has 0 unspecified atom stereocenters. The van der Waals surface area contributed by atoms with E-state index in [-0.39, 0.29) is 39.1 Å². The Morgan fingerprint density at radius 3 is 2.44 bits per heavy atom. The Bertz CT molecular complexity index is 1780. The van der Waals surface area contributed by atoms with Crippen molar-refractivity contribution < 1.29 is 33.3 Å². The Kier molecular flexibility index (Phi) is 10.1. The van der Waals surface area contributed by atoms with Gasteiger partial charge in [-0.25, -0.2) is 13.6 Å². The summed E-state index contributed by atoms with van der Waals surface area (Å²) in [6, 6.07) is 13.2. The highest BCUT2D eigenvalue weighted by atomic mass is 35.5. The maximum absolute atomic E-state index is 16.2. The molecule has 254 valence electrons. The van der Waals surface area contributed by atoms with E-state index in [1.165, 1.54) is 60.5 Å². The van der Waals surface area contributed by atoms with Gasteiger partial charge in [0.15, 0.2) is 0 Å². The summed E-state index contributed by atoms with van der Waals surface area (Å²) in [7, 11) is 1.33. The Balaban J connectivity index is 1.85. The number of carbonyl (C=O) groups excluding carboxylic acids is 1. The van der Waals surface area contributed by atoms with Crippen molar-refractivity contribution in [2.24, 2.45) is 5.41 Å². The molecule has 1 amide bonds. The second kappa shape index (κ2) is 13.6. The van der Waals surface area contributed by atoms with Gasteiger partial charge in [-0.15, -0.1) is 0 Å². The summed E-state index contributed by atoms with van der Waals surface area (Å²) in [6.07, 6.45) is 0.797. The van der Waals surface area contributed by atoms with Gasteiger partial charge in [-0.05, 0) is 67.0 Å². The van der Waals surface area contributed by atoms with Gasteiger partial charge in [-0.3, -0.25) is 14.6 Å². The number of benzene rings is 3. The maximum Gasteiger partial charge on any atom is 0.339 e. The zero-order valence-corrected chi connectivity index (χ0v) is 28.5. The average molecular weight is 701 g/mol. The lowest BCUT2D eigenvalue weighted by molar-refractivity contribution is -0.119. The second-order valence-electron chi connectivity index (χ2n) is 13.5. The van der Waals surface area contributed by atoms with Crippen LogP contribution in [0.5, 0.6) is 5.75 Å². The van der Waals surface area contributed by atoms with Crippen LogP contribution in [0, 0.1) is 28.4 Å². The molecular formula is C36H37Cl2F2N3O5. The minimum Gasteiger partial charge on any atom is -0.496 e. The first-order chi connectivity index (χ1) is 22.7. The highest BCUT2D eigenvalue weighted by molar-refractivity contribution is 6.31. The minimum atomic E-state index is -1.79. The number of aliphatic hydroxyl groups excluding tert-OH is 1. The van der Waals surface area contributed by atoms with E-state index < -0.39 is 58.5 Å². The van der Waals surface area contributed by atoms with E-state index in [0.717, 1.165) is 6.07 Å². The molecule has 12 heteroatoms. The van der Waals surface area contributed by atoms with Gasteiger partial charge in [0.05, 0.1) is 24.4 Å². The number of aromatic carboxylic acids is 1. The number of hydrogen-bond donors (Lipinski definition) is 2. The van der Waals surface area contributed by atoms with Crippen molar-refractivity contribution in [1.29, 1.82) is 5.26 Å². The average Bonchev–Trinajstić information content (AvgIpc) is 3.46. The van der Waals surface area contributed by atoms with E-state index in [9.17, 15) is 20.3 Å². The van der Waals surface area contributed by atoms with E-state index in [1.807, 2.05) is 25.7 Å². The van der Waals surface area contributed by atoms with Crippen molar-refractivity contribution in [1.82, 2.24) is 4.90 Å². The number of anilines is 1. The summed E-state index contributed by atoms with van der Waals surface area (Å²) in [4.78, 5) is 30.3. The topological polar surface area (TPSA) is 114 Å². The molecule has 2 fully saturated rings. The van der Waals surface area contributed by atoms with Crippen molar-refractivity contribution in [3.05, 3.63) is 93.0 Å². The SMILES string of the molecule is COc1cc(N2C(=O)[C@H]3[C@H](c4cccc(Cl)c4F)[C@@](C#N)(c4ccc(Cl)cc4F)[C@H](CC(C)(C)C)N3[C@@H]2CCCCO)ccc1C(=O)O. The van der Waals surface area contributed by atoms with Gasteiger partial charge in [0.25, 0.3) is 0 Å². The number of nitriles is 1. The monoisotopic (exact) mass is 699 g/mol. The molecule has 0 saturated carbocycles. The van der Waals surface area contributed by atoms with E-state index >= 15 is 13.6 Å². The molecule has 0 radical (unpaired) electrons. The van der Waals surface area contributed by atoms with Crippen molar-refractivity contribution in [2.45, 2.75) is 76.0 Å². The van der Waals surface area contributed by atoms with Gasteiger partial charge in [-0.1, -0.05) is 62.2 Å². The van der Waals surface area contributed by atoms with Crippen LogP contribution in [0.3, 0.4) is 0 Å². The Hall–Kier alpha value is -3.75. The number of halogens is 4. The number of fused-ring (bicyclic) bond motifs is 1. The molecule has 2 aliphatic rings. The van der Waals surface area contributed by atoms with Crippen LogP contribution < -0.4 is 9.64 Å². The lowest BCUT2D eigenvalue weighted by atomic mass is 9.62. The van der Waals surface area contributed by atoms with Crippen molar-refractivity contribution in [3.63, 3.8) is 0 Å². The van der Waals surface area contributed by atoms with Crippen LogP contribution in [0.15, 0.2) is 54.6 Å². The summed E-state index contributed by atoms with van der Waals surface area (Å²) in [5.41, 5.74) is -2.03. The lowest BCUT2D eigenvalue weighted by Gasteiger charge is -2.42. The van der Waals surface area contributed by atoms with Gasteiger partial charge in [0.1, 0.15) is 34.4 Å². The van der Waals surface area contributed by atoms with Gasteiger partial charge in [0.2, 0.25) is 5.91 Å². The number of carboxylic acid groups (broad SMARTS) is 1.